The maximum Gasteiger partial charge on any atom is 0.387 e. The van der Waals surface area contributed by atoms with Gasteiger partial charge in [0.05, 0.1) is 30.2 Å². The molecule has 0 radical (unpaired) electrons. The summed E-state index contributed by atoms with van der Waals surface area (Å²) in [6.07, 6.45) is 1.45. The first-order chi connectivity index (χ1) is 15.3. The average Bonchev–Trinajstić information content (AvgIpc) is 3.15. The van der Waals surface area contributed by atoms with Crippen molar-refractivity contribution in [1.82, 2.24) is 15.1 Å². The van der Waals surface area contributed by atoms with Gasteiger partial charge in [-0.2, -0.15) is 13.9 Å². The Hall–Kier alpha value is -3.75. The molecule has 0 saturated carbocycles. The van der Waals surface area contributed by atoms with E-state index >= 15 is 0 Å². The summed E-state index contributed by atoms with van der Waals surface area (Å²) in [5.41, 5.74) is 2.73. The van der Waals surface area contributed by atoms with E-state index in [9.17, 15) is 18.4 Å². The topological polar surface area (TPSA) is 82.5 Å². The third-order valence-corrected chi connectivity index (χ3v) is 4.81. The van der Waals surface area contributed by atoms with E-state index < -0.39 is 18.6 Å². The number of alkyl halides is 2. The standard InChI is InChI=1S/C23H23F2N3O4/c1-4-31-22(30)20-13-26-28(15(20)3)18-10-8-16(9-11-18)21(29)27-14(2)17-6-5-7-19(12-17)32-23(24)25/h5-14,23H,4H2,1-3H3,(H,27,29). The molecule has 1 atom stereocenters. The lowest BCUT2D eigenvalue weighted by atomic mass is 10.1. The number of carbonyl (C=O) groups is 2. The smallest absolute Gasteiger partial charge is 0.387 e. The van der Waals surface area contributed by atoms with E-state index in [0.717, 1.165) is 0 Å². The highest BCUT2D eigenvalue weighted by Crippen LogP contribution is 2.21. The van der Waals surface area contributed by atoms with Crippen LogP contribution >= 0.6 is 0 Å². The molecule has 3 rings (SSSR count). The van der Waals surface area contributed by atoms with Crippen molar-refractivity contribution < 1.29 is 27.8 Å². The van der Waals surface area contributed by atoms with Crippen LogP contribution in [0.2, 0.25) is 0 Å². The molecule has 1 N–H and O–H groups in total. The number of halogens is 2. The summed E-state index contributed by atoms with van der Waals surface area (Å²) in [5, 5.41) is 7.06. The minimum absolute atomic E-state index is 0.0275. The first kappa shape index (κ1) is 22.9. The second-order valence-corrected chi connectivity index (χ2v) is 6.97. The van der Waals surface area contributed by atoms with Gasteiger partial charge in [-0.15, -0.1) is 0 Å². The van der Waals surface area contributed by atoms with Gasteiger partial charge in [0.25, 0.3) is 5.91 Å². The molecule has 0 aliphatic carbocycles. The van der Waals surface area contributed by atoms with Crippen LogP contribution in [0.5, 0.6) is 5.75 Å². The van der Waals surface area contributed by atoms with Crippen LogP contribution in [0.25, 0.3) is 5.69 Å². The third-order valence-electron chi connectivity index (χ3n) is 4.81. The number of hydrogen-bond donors (Lipinski definition) is 1. The Balaban J connectivity index is 1.70. The van der Waals surface area contributed by atoms with E-state index in [1.54, 1.807) is 61.9 Å². The molecule has 9 heteroatoms. The maximum atomic E-state index is 12.6. The fourth-order valence-corrected chi connectivity index (χ4v) is 3.16. The molecule has 3 aromatic rings. The molecule has 1 aromatic heterocycles. The van der Waals surface area contributed by atoms with Crippen LogP contribution in [0.15, 0.2) is 54.7 Å². The molecule has 0 bridgehead atoms. The van der Waals surface area contributed by atoms with Crippen molar-refractivity contribution in [3.63, 3.8) is 0 Å². The van der Waals surface area contributed by atoms with Crippen molar-refractivity contribution in [1.29, 1.82) is 0 Å². The Morgan fingerprint density at radius 3 is 2.53 bits per heavy atom. The van der Waals surface area contributed by atoms with Crippen molar-refractivity contribution in [3.8, 4) is 11.4 Å². The summed E-state index contributed by atoms with van der Waals surface area (Å²) in [4.78, 5) is 24.6. The minimum atomic E-state index is -2.92. The molecule has 32 heavy (non-hydrogen) atoms. The molecule has 1 unspecified atom stereocenters. The number of rotatable bonds is 8. The molecule has 7 nitrogen and oxygen atoms in total. The Morgan fingerprint density at radius 1 is 1.16 bits per heavy atom. The highest BCUT2D eigenvalue weighted by atomic mass is 19.3. The number of nitrogens with zero attached hydrogens (tertiary/aromatic N) is 2. The van der Waals surface area contributed by atoms with Crippen LogP contribution in [-0.2, 0) is 4.74 Å². The zero-order valence-electron chi connectivity index (χ0n) is 17.8. The van der Waals surface area contributed by atoms with E-state index in [-0.39, 0.29) is 18.3 Å². The number of hydrogen-bond acceptors (Lipinski definition) is 5. The lowest BCUT2D eigenvalue weighted by molar-refractivity contribution is -0.0499. The SMILES string of the molecule is CCOC(=O)c1cnn(-c2ccc(C(=O)NC(C)c3cccc(OC(F)F)c3)cc2)c1C. The zero-order chi connectivity index (χ0) is 23.3. The van der Waals surface area contributed by atoms with Gasteiger partial charge in [0.1, 0.15) is 11.3 Å². The Kier molecular flexibility index (Phi) is 7.19. The van der Waals surface area contributed by atoms with Crippen LogP contribution in [0.4, 0.5) is 8.78 Å². The van der Waals surface area contributed by atoms with Crippen molar-refractivity contribution in [2.75, 3.05) is 6.61 Å². The van der Waals surface area contributed by atoms with Crippen LogP contribution in [0, 0.1) is 6.92 Å². The molecule has 0 aliphatic heterocycles. The van der Waals surface area contributed by atoms with Crippen LogP contribution < -0.4 is 10.1 Å². The summed E-state index contributed by atoms with van der Waals surface area (Å²) >= 11 is 0. The average molecular weight is 443 g/mol. The van der Waals surface area contributed by atoms with E-state index in [4.69, 9.17) is 4.74 Å². The largest absolute Gasteiger partial charge is 0.462 e. The van der Waals surface area contributed by atoms with E-state index in [0.29, 0.717) is 28.1 Å². The predicted molar refractivity (Wildman–Crippen MR) is 113 cm³/mol. The third kappa shape index (κ3) is 5.29. The molecular formula is C23H23F2N3O4. The number of aromatic nitrogens is 2. The lowest BCUT2D eigenvalue weighted by Gasteiger charge is -2.16. The molecule has 1 amide bonds. The number of benzene rings is 2. The van der Waals surface area contributed by atoms with E-state index in [2.05, 4.69) is 15.2 Å². The Bertz CT molecular complexity index is 1100. The van der Waals surface area contributed by atoms with E-state index in [1.807, 2.05) is 0 Å². The van der Waals surface area contributed by atoms with Crippen molar-refractivity contribution >= 4 is 11.9 Å². The summed E-state index contributed by atoms with van der Waals surface area (Å²) in [6.45, 7) is 2.59. The highest BCUT2D eigenvalue weighted by molar-refractivity contribution is 5.94. The van der Waals surface area contributed by atoms with Gasteiger partial charge in [-0.25, -0.2) is 9.48 Å². The van der Waals surface area contributed by atoms with Gasteiger partial charge in [0.15, 0.2) is 0 Å². The Labute approximate surface area is 184 Å². The monoisotopic (exact) mass is 443 g/mol. The molecule has 168 valence electrons. The van der Waals surface area contributed by atoms with Gasteiger partial charge >= 0.3 is 12.6 Å². The second kappa shape index (κ2) is 10.0. The summed E-state index contributed by atoms with van der Waals surface area (Å²) in [5.74, 6) is -0.738. The van der Waals surface area contributed by atoms with Crippen molar-refractivity contribution in [2.24, 2.45) is 0 Å². The number of esters is 1. The molecule has 2 aromatic carbocycles. The predicted octanol–water partition coefficient (Wildman–Crippen LogP) is 4.45. The van der Waals surface area contributed by atoms with Gasteiger partial charge in [-0.1, -0.05) is 12.1 Å². The number of carbonyl (C=O) groups excluding carboxylic acids is 2. The van der Waals surface area contributed by atoms with Crippen molar-refractivity contribution in [2.45, 2.75) is 33.4 Å². The fourth-order valence-electron chi connectivity index (χ4n) is 3.16. The van der Waals surface area contributed by atoms with Crippen molar-refractivity contribution in [3.05, 3.63) is 77.1 Å². The van der Waals surface area contributed by atoms with Gasteiger partial charge in [0.2, 0.25) is 0 Å². The second-order valence-electron chi connectivity index (χ2n) is 6.97. The lowest BCUT2D eigenvalue weighted by Crippen LogP contribution is -2.26. The van der Waals surface area contributed by atoms with Gasteiger partial charge in [-0.3, -0.25) is 4.79 Å². The number of ether oxygens (including phenoxy) is 2. The van der Waals surface area contributed by atoms with Crippen LogP contribution in [0.1, 0.15) is 51.9 Å². The molecule has 0 spiro atoms. The van der Waals surface area contributed by atoms with Crippen LogP contribution in [-0.4, -0.2) is 34.9 Å². The first-order valence-electron chi connectivity index (χ1n) is 9.98. The maximum absolute atomic E-state index is 12.6. The Morgan fingerprint density at radius 2 is 1.88 bits per heavy atom. The fraction of sp³-hybridized carbons (Fsp3) is 0.261. The molecule has 0 saturated heterocycles. The van der Waals surface area contributed by atoms with Gasteiger partial charge in [0, 0.05) is 5.56 Å². The quantitative estimate of drug-likeness (QED) is 0.520. The normalized spacial score (nSPS) is 11.8. The highest BCUT2D eigenvalue weighted by Gasteiger charge is 2.17. The zero-order valence-corrected chi connectivity index (χ0v) is 17.8. The van der Waals surface area contributed by atoms with Crippen LogP contribution in [0.3, 0.4) is 0 Å². The van der Waals surface area contributed by atoms with Gasteiger partial charge < -0.3 is 14.8 Å². The van der Waals surface area contributed by atoms with Gasteiger partial charge in [-0.05, 0) is 62.7 Å². The number of amides is 1. The molecule has 0 aliphatic rings. The number of nitrogens with one attached hydrogen (secondary N) is 1. The summed E-state index contributed by atoms with van der Waals surface area (Å²) in [7, 11) is 0. The molecule has 1 heterocycles. The molecule has 0 fully saturated rings. The summed E-state index contributed by atoms with van der Waals surface area (Å²) in [6, 6.07) is 12.5. The first-order valence-corrected chi connectivity index (χ1v) is 9.98. The minimum Gasteiger partial charge on any atom is -0.462 e. The van der Waals surface area contributed by atoms with E-state index in [1.165, 1.54) is 18.3 Å². The summed E-state index contributed by atoms with van der Waals surface area (Å²) < 4.78 is 35.9. The molecular weight excluding hydrogens is 420 g/mol.